The summed E-state index contributed by atoms with van der Waals surface area (Å²) in [6, 6.07) is 37.0. The van der Waals surface area contributed by atoms with Crippen LogP contribution in [0.5, 0.6) is 5.75 Å². The largest absolute Gasteiger partial charge is 0.493 e. The highest BCUT2D eigenvalue weighted by atomic mass is 35.5. The molecule has 0 aliphatic heterocycles. The molecule has 0 spiro atoms. The summed E-state index contributed by atoms with van der Waals surface area (Å²) in [4.78, 5) is 4.52. The molecule has 0 aliphatic rings. The van der Waals surface area contributed by atoms with Crippen molar-refractivity contribution in [1.82, 2.24) is 4.90 Å². The molecular weight excluding hydrogens is 605 g/mol. The summed E-state index contributed by atoms with van der Waals surface area (Å²) in [6.45, 7) is 8.09. The maximum atomic E-state index is 13.7. The van der Waals surface area contributed by atoms with Gasteiger partial charge in [-0.05, 0) is 55.2 Å². The predicted octanol–water partition coefficient (Wildman–Crippen LogP) is 10.5. The van der Waals surface area contributed by atoms with Crippen molar-refractivity contribution in [3.63, 3.8) is 0 Å². The van der Waals surface area contributed by atoms with Gasteiger partial charge in [0.25, 0.3) is 0 Å². The van der Waals surface area contributed by atoms with Gasteiger partial charge in [0.15, 0.2) is 0 Å². The molecule has 0 heterocycles. The third kappa shape index (κ3) is 8.04. The molecule has 5 aromatic carbocycles. The summed E-state index contributed by atoms with van der Waals surface area (Å²) >= 11 is 6.39. The third-order valence-corrected chi connectivity index (χ3v) is 8.91. The van der Waals surface area contributed by atoms with E-state index in [2.05, 4.69) is 72.2 Å². The minimum Gasteiger partial charge on any atom is -0.493 e. The summed E-state index contributed by atoms with van der Waals surface area (Å²) in [5, 5.41) is 1.97. The van der Waals surface area contributed by atoms with Crippen LogP contribution in [-0.4, -0.2) is 37.7 Å². The second kappa shape index (κ2) is 15.5. The quantitative estimate of drug-likeness (QED) is 0.112. The first-order valence-corrected chi connectivity index (χ1v) is 16.2. The Labute approximate surface area is 275 Å². The number of halogens is 4. The number of hydrogen-bond donors (Lipinski definition) is 0. The Morgan fingerprint density at radius 3 is 1.96 bits per heavy atom. The molecule has 0 amide bonds. The zero-order valence-corrected chi connectivity index (χ0v) is 27.1. The SMILES string of the molecule is CCN(CC)c1cccc2c(OCCCN(Cc3cccc(C(F)(F)F)c3Cl)CC(c3ccccc3)c3ccccc3)cccc12. The molecular formula is C39H40ClF3N2O. The summed E-state index contributed by atoms with van der Waals surface area (Å²) < 4.78 is 47.6. The highest BCUT2D eigenvalue weighted by molar-refractivity contribution is 6.32. The molecule has 240 valence electrons. The van der Waals surface area contributed by atoms with E-state index in [4.69, 9.17) is 16.3 Å². The van der Waals surface area contributed by atoms with Gasteiger partial charge in [0.2, 0.25) is 0 Å². The Morgan fingerprint density at radius 1 is 0.717 bits per heavy atom. The van der Waals surface area contributed by atoms with E-state index in [0.717, 1.165) is 46.8 Å². The highest BCUT2D eigenvalue weighted by Gasteiger charge is 2.34. The van der Waals surface area contributed by atoms with Gasteiger partial charge in [-0.15, -0.1) is 0 Å². The van der Waals surface area contributed by atoms with Gasteiger partial charge in [-0.2, -0.15) is 13.2 Å². The predicted molar refractivity (Wildman–Crippen MR) is 184 cm³/mol. The van der Waals surface area contributed by atoms with Gasteiger partial charge < -0.3 is 9.64 Å². The van der Waals surface area contributed by atoms with Gasteiger partial charge in [-0.1, -0.05) is 109 Å². The second-order valence-electron chi connectivity index (χ2n) is 11.4. The summed E-state index contributed by atoms with van der Waals surface area (Å²) in [6.07, 6.45) is -3.84. The minimum absolute atomic E-state index is 0.0180. The summed E-state index contributed by atoms with van der Waals surface area (Å²) in [7, 11) is 0. The van der Waals surface area contributed by atoms with Crippen LogP contribution < -0.4 is 9.64 Å². The highest BCUT2D eigenvalue weighted by Crippen LogP contribution is 2.37. The maximum Gasteiger partial charge on any atom is 0.417 e. The van der Waals surface area contributed by atoms with Crippen LogP contribution in [0.2, 0.25) is 5.02 Å². The van der Waals surface area contributed by atoms with Gasteiger partial charge in [-0.3, -0.25) is 4.90 Å². The smallest absolute Gasteiger partial charge is 0.417 e. The van der Waals surface area contributed by atoms with Crippen molar-refractivity contribution < 1.29 is 17.9 Å². The summed E-state index contributed by atoms with van der Waals surface area (Å²) in [5.41, 5.74) is 3.12. The van der Waals surface area contributed by atoms with Crippen LogP contribution in [0.1, 0.15) is 48.4 Å². The van der Waals surface area contributed by atoms with Crippen molar-refractivity contribution in [3.05, 3.63) is 143 Å². The first-order chi connectivity index (χ1) is 22.3. The average Bonchev–Trinajstić information content (AvgIpc) is 3.07. The lowest BCUT2D eigenvalue weighted by Crippen LogP contribution is -2.31. The molecule has 0 saturated carbocycles. The molecule has 46 heavy (non-hydrogen) atoms. The van der Waals surface area contributed by atoms with E-state index < -0.39 is 11.7 Å². The average molecular weight is 645 g/mol. The molecule has 0 atom stereocenters. The topological polar surface area (TPSA) is 15.7 Å². The lowest BCUT2D eigenvalue weighted by molar-refractivity contribution is -0.137. The molecule has 0 aromatic heterocycles. The number of hydrogen-bond acceptors (Lipinski definition) is 3. The maximum absolute atomic E-state index is 13.7. The van der Waals surface area contributed by atoms with E-state index >= 15 is 0 Å². The molecule has 5 aromatic rings. The molecule has 7 heteroatoms. The minimum atomic E-state index is -4.52. The molecule has 0 bridgehead atoms. The van der Waals surface area contributed by atoms with Crippen molar-refractivity contribution in [2.75, 3.05) is 37.7 Å². The van der Waals surface area contributed by atoms with Crippen LogP contribution >= 0.6 is 11.6 Å². The number of ether oxygens (including phenoxy) is 1. The van der Waals surface area contributed by atoms with E-state index in [0.29, 0.717) is 31.7 Å². The van der Waals surface area contributed by atoms with E-state index in [-0.39, 0.29) is 17.5 Å². The van der Waals surface area contributed by atoms with Gasteiger partial charge in [0.1, 0.15) is 5.75 Å². The van der Waals surface area contributed by atoms with Crippen molar-refractivity contribution >= 4 is 28.1 Å². The standard InChI is InChI=1S/C39H40ClF3N2O/c1-3-45(4-2)36-23-12-21-33-32(36)20-13-24-37(33)46-26-14-25-44(27-31-19-11-22-35(38(31)40)39(41,42)43)28-34(29-15-7-5-8-16-29)30-17-9-6-10-18-30/h5-13,15-24,34H,3-4,14,25-28H2,1-2H3. The molecule has 0 aliphatic carbocycles. The number of rotatable bonds is 14. The van der Waals surface area contributed by atoms with Crippen LogP contribution in [0.25, 0.3) is 10.8 Å². The Kier molecular flexibility index (Phi) is 11.3. The van der Waals surface area contributed by atoms with Gasteiger partial charge in [0.05, 0.1) is 17.2 Å². The number of alkyl halides is 3. The number of nitrogens with zero attached hydrogens (tertiary/aromatic N) is 2. The molecule has 0 fully saturated rings. The Balaban J connectivity index is 1.38. The monoisotopic (exact) mass is 644 g/mol. The first kappa shape index (κ1) is 33.4. The van der Waals surface area contributed by atoms with Crippen molar-refractivity contribution in [2.24, 2.45) is 0 Å². The molecule has 0 unspecified atom stereocenters. The molecule has 0 N–H and O–H groups in total. The third-order valence-electron chi connectivity index (χ3n) is 8.46. The van der Waals surface area contributed by atoms with Crippen LogP contribution in [0.4, 0.5) is 18.9 Å². The van der Waals surface area contributed by atoms with Crippen LogP contribution in [0, 0.1) is 0 Å². The fourth-order valence-electron chi connectivity index (χ4n) is 6.13. The summed E-state index contributed by atoms with van der Waals surface area (Å²) in [5.74, 6) is 0.842. The number of anilines is 1. The van der Waals surface area contributed by atoms with Gasteiger partial charge in [0, 0.05) is 55.1 Å². The first-order valence-electron chi connectivity index (χ1n) is 15.9. The molecule has 0 radical (unpaired) electrons. The van der Waals surface area contributed by atoms with E-state index in [1.807, 2.05) is 48.5 Å². The van der Waals surface area contributed by atoms with Crippen molar-refractivity contribution in [3.8, 4) is 5.75 Å². The Hall–Kier alpha value is -4.00. The van der Waals surface area contributed by atoms with E-state index in [9.17, 15) is 13.2 Å². The fourth-order valence-corrected chi connectivity index (χ4v) is 6.42. The molecule has 5 rings (SSSR count). The lowest BCUT2D eigenvalue weighted by atomic mass is 9.90. The van der Waals surface area contributed by atoms with E-state index in [1.165, 1.54) is 11.8 Å². The lowest BCUT2D eigenvalue weighted by Gasteiger charge is -2.29. The molecule has 3 nitrogen and oxygen atoms in total. The molecule has 0 saturated heterocycles. The Morgan fingerprint density at radius 2 is 1.33 bits per heavy atom. The number of benzene rings is 5. The van der Waals surface area contributed by atoms with Crippen molar-refractivity contribution in [1.29, 1.82) is 0 Å². The Bertz CT molecular complexity index is 1650. The zero-order chi connectivity index (χ0) is 32.5. The number of fused-ring (bicyclic) bond motifs is 1. The zero-order valence-electron chi connectivity index (χ0n) is 26.3. The fraction of sp³-hybridized carbons (Fsp3) is 0.282. The van der Waals surface area contributed by atoms with E-state index in [1.54, 1.807) is 6.07 Å². The normalized spacial score (nSPS) is 11.8. The van der Waals surface area contributed by atoms with Crippen LogP contribution in [-0.2, 0) is 12.7 Å². The van der Waals surface area contributed by atoms with Crippen LogP contribution in [0.15, 0.2) is 115 Å². The van der Waals surface area contributed by atoms with Gasteiger partial charge >= 0.3 is 6.18 Å². The second-order valence-corrected chi connectivity index (χ2v) is 11.8. The van der Waals surface area contributed by atoms with Crippen molar-refractivity contribution in [2.45, 2.75) is 38.9 Å². The van der Waals surface area contributed by atoms with Crippen LogP contribution in [0.3, 0.4) is 0 Å². The van der Waals surface area contributed by atoms with Gasteiger partial charge in [-0.25, -0.2) is 0 Å².